The number of aryl methyl sites for hydroxylation is 1. The molecule has 1 saturated heterocycles. The van der Waals surface area contributed by atoms with Crippen molar-refractivity contribution >= 4 is 11.8 Å². The van der Waals surface area contributed by atoms with Crippen LogP contribution < -0.4 is 14.5 Å². The molecule has 0 saturated carbocycles. The molecule has 0 bridgehead atoms. The van der Waals surface area contributed by atoms with Crippen molar-refractivity contribution in [3.8, 4) is 5.88 Å². The SMILES string of the molecule is CCOc1cc(C)nc(N2CCN(c3cnccn3)CC2)n1. The van der Waals surface area contributed by atoms with Crippen LogP contribution in [0.1, 0.15) is 12.6 Å². The highest BCUT2D eigenvalue weighted by molar-refractivity contribution is 5.41. The lowest BCUT2D eigenvalue weighted by atomic mass is 10.3. The summed E-state index contributed by atoms with van der Waals surface area (Å²) in [6.45, 7) is 7.98. The Kier molecular flexibility index (Phi) is 4.32. The summed E-state index contributed by atoms with van der Waals surface area (Å²) in [5, 5.41) is 0. The lowest BCUT2D eigenvalue weighted by Crippen LogP contribution is -2.47. The average Bonchev–Trinajstić information content (AvgIpc) is 2.56. The van der Waals surface area contributed by atoms with E-state index in [0.29, 0.717) is 12.5 Å². The molecule has 0 atom stereocenters. The molecule has 0 N–H and O–H groups in total. The molecule has 0 aromatic carbocycles. The topological polar surface area (TPSA) is 67.3 Å². The van der Waals surface area contributed by atoms with Crippen molar-refractivity contribution in [3.05, 3.63) is 30.4 Å². The Morgan fingerprint density at radius 3 is 2.55 bits per heavy atom. The first-order chi connectivity index (χ1) is 10.8. The molecule has 116 valence electrons. The van der Waals surface area contributed by atoms with Crippen LogP contribution in [0.15, 0.2) is 24.7 Å². The molecule has 3 heterocycles. The molecule has 1 aliphatic heterocycles. The van der Waals surface area contributed by atoms with Gasteiger partial charge in [0.1, 0.15) is 5.82 Å². The van der Waals surface area contributed by atoms with Gasteiger partial charge < -0.3 is 14.5 Å². The molecule has 2 aromatic rings. The maximum atomic E-state index is 5.50. The monoisotopic (exact) mass is 300 g/mol. The minimum absolute atomic E-state index is 0.607. The van der Waals surface area contributed by atoms with Gasteiger partial charge in [0.05, 0.1) is 12.8 Å². The van der Waals surface area contributed by atoms with Crippen LogP contribution in [0.5, 0.6) is 5.88 Å². The molecule has 2 aromatic heterocycles. The van der Waals surface area contributed by atoms with Crippen molar-refractivity contribution in [1.29, 1.82) is 0 Å². The zero-order chi connectivity index (χ0) is 15.4. The predicted molar refractivity (Wildman–Crippen MR) is 84.4 cm³/mol. The van der Waals surface area contributed by atoms with E-state index in [9.17, 15) is 0 Å². The Hall–Kier alpha value is -2.44. The zero-order valence-corrected chi connectivity index (χ0v) is 12.9. The highest BCUT2D eigenvalue weighted by Crippen LogP contribution is 2.18. The second-order valence-electron chi connectivity index (χ2n) is 5.12. The van der Waals surface area contributed by atoms with Crippen LogP contribution in [0.2, 0.25) is 0 Å². The van der Waals surface area contributed by atoms with Crippen LogP contribution in [-0.4, -0.2) is 52.7 Å². The Balaban J connectivity index is 1.68. The van der Waals surface area contributed by atoms with Crippen molar-refractivity contribution in [2.75, 3.05) is 42.6 Å². The van der Waals surface area contributed by atoms with Gasteiger partial charge in [0.15, 0.2) is 0 Å². The molecule has 0 unspecified atom stereocenters. The van der Waals surface area contributed by atoms with Gasteiger partial charge in [0.2, 0.25) is 11.8 Å². The van der Waals surface area contributed by atoms with E-state index >= 15 is 0 Å². The maximum Gasteiger partial charge on any atom is 0.228 e. The first-order valence-corrected chi connectivity index (χ1v) is 7.50. The molecular formula is C15H20N6O. The molecular weight excluding hydrogens is 280 g/mol. The molecule has 0 amide bonds. The fourth-order valence-corrected chi connectivity index (χ4v) is 2.48. The largest absolute Gasteiger partial charge is 0.478 e. The summed E-state index contributed by atoms with van der Waals surface area (Å²) in [5.74, 6) is 2.30. The molecule has 7 nitrogen and oxygen atoms in total. The smallest absolute Gasteiger partial charge is 0.228 e. The van der Waals surface area contributed by atoms with Gasteiger partial charge in [-0.1, -0.05) is 0 Å². The number of hydrogen-bond acceptors (Lipinski definition) is 7. The quantitative estimate of drug-likeness (QED) is 0.843. The Morgan fingerprint density at radius 2 is 1.86 bits per heavy atom. The van der Waals surface area contributed by atoms with Crippen LogP contribution in [0, 0.1) is 6.92 Å². The summed E-state index contributed by atoms with van der Waals surface area (Å²) >= 11 is 0. The second-order valence-corrected chi connectivity index (χ2v) is 5.12. The number of aromatic nitrogens is 4. The summed E-state index contributed by atoms with van der Waals surface area (Å²) in [6.07, 6.45) is 5.21. The highest BCUT2D eigenvalue weighted by Gasteiger charge is 2.20. The molecule has 0 spiro atoms. The first kappa shape index (κ1) is 14.5. The minimum atomic E-state index is 0.607. The van der Waals surface area contributed by atoms with Crippen LogP contribution in [0.25, 0.3) is 0 Å². The van der Waals surface area contributed by atoms with Crippen molar-refractivity contribution < 1.29 is 4.74 Å². The number of piperazine rings is 1. The van der Waals surface area contributed by atoms with Crippen molar-refractivity contribution in [1.82, 2.24) is 19.9 Å². The fourth-order valence-electron chi connectivity index (χ4n) is 2.48. The van der Waals surface area contributed by atoms with Crippen LogP contribution in [0.4, 0.5) is 11.8 Å². The average molecular weight is 300 g/mol. The maximum absolute atomic E-state index is 5.50. The van der Waals surface area contributed by atoms with Gasteiger partial charge in [-0.15, -0.1) is 0 Å². The highest BCUT2D eigenvalue weighted by atomic mass is 16.5. The van der Waals surface area contributed by atoms with Gasteiger partial charge in [-0.25, -0.2) is 9.97 Å². The number of hydrogen-bond donors (Lipinski definition) is 0. The normalized spacial score (nSPS) is 15.0. The van der Waals surface area contributed by atoms with Crippen LogP contribution in [0.3, 0.4) is 0 Å². The van der Waals surface area contributed by atoms with E-state index in [-0.39, 0.29) is 0 Å². The van der Waals surface area contributed by atoms with E-state index in [1.807, 2.05) is 19.9 Å². The third-order valence-corrected chi connectivity index (χ3v) is 3.55. The van der Waals surface area contributed by atoms with E-state index < -0.39 is 0 Å². The lowest BCUT2D eigenvalue weighted by Gasteiger charge is -2.35. The van der Waals surface area contributed by atoms with Crippen LogP contribution >= 0.6 is 0 Å². The third-order valence-electron chi connectivity index (χ3n) is 3.55. The third kappa shape index (κ3) is 3.24. The molecule has 7 heteroatoms. The summed E-state index contributed by atoms with van der Waals surface area (Å²) < 4.78 is 5.50. The van der Waals surface area contributed by atoms with E-state index in [1.165, 1.54) is 0 Å². The van der Waals surface area contributed by atoms with Gasteiger partial charge in [-0.3, -0.25) is 4.98 Å². The van der Waals surface area contributed by atoms with E-state index in [1.54, 1.807) is 18.6 Å². The molecule has 1 aliphatic rings. The number of nitrogens with zero attached hydrogens (tertiary/aromatic N) is 6. The van der Waals surface area contributed by atoms with E-state index in [4.69, 9.17) is 4.74 Å². The van der Waals surface area contributed by atoms with E-state index in [2.05, 4.69) is 29.7 Å². The van der Waals surface area contributed by atoms with Gasteiger partial charge >= 0.3 is 0 Å². The Labute approximate surface area is 130 Å². The summed E-state index contributed by atoms with van der Waals surface area (Å²) in [6, 6.07) is 1.86. The van der Waals surface area contributed by atoms with Crippen molar-refractivity contribution in [2.45, 2.75) is 13.8 Å². The minimum Gasteiger partial charge on any atom is -0.478 e. The molecule has 0 aliphatic carbocycles. The fraction of sp³-hybridized carbons (Fsp3) is 0.467. The molecule has 0 radical (unpaired) electrons. The summed E-state index contributed by atoms with van der Waals surface area (Å²) in [7, 11) is 0. The number of ether oxygens (including phenoxy) is 1. The van der Waals surface area contributed by atoms with Crippen molar-refractivity contribution in [2.24, 2.45) is 0 Å². The van der Waals surface area contributed by atoms with Gasteiger partial charge in [-0.05, 0) is 13.8 Å². The van der Waals surface area contributed by atoms with Gasteiger partial charge in [0, 0.05) is 50.3 Å². The van der Waals surface area contributed by atoms with Crippen molar-refractivity contribution in [3.63, 3.8) is 0 Å². The molecule has 1 fully saturated rings. The van der Waals surface area contributed by atoms with Crippen LogP contribution in [-0.2, 0) is 0 Å². The van der Waals surface area contributed by atoms with Gasteiger partial charge in [-0.2, -0.15) is 4.98 Å². The number of anilines is 2. The summed E-state index contributed by atoms with van der Waals surface area (Å²) in [5.41, 5.74) is 0.921. The Bertz CT molecular complexity index is 613. The predicted octanol–water partition coefficient (Wildman–Crippen LogP) is 1.30. The number of rotatable bonds is 4. The zero-order valence-electron chi connectivity index (χ0n) is 12.9. The lowest BCUT2D eigenvalue weighted by molar-refractivity contribution is 0.325. The molecule has 3 rings (SSSR count). The Morgan fingerprint density at radius 1 is 1.09 bits per heavy atom. The first-order valence-electron chi connectivity index (χ1n) is 7.50. The van der Waals surface area contributed by atoms with E-state index in [0.717, 1.165) is 43.6 Å². The molecule has 22 heavy (non-hydrogen) atoms. The standard InChI is InChI=1S/C15H20N6O/c1-3-22-14-10-12(2)18-15(19-14)21-8-6-20(7-9-21)13-11-16-4-5-17-13/h4-5,10-11H,3,6-9H2,1-2H3. The summed E-state index contributed by atoms with van der Waals surface area (Å²) in [4.78, 5) is 21.9. The van der Waals surface area contributed by atoms with Gasteiger partial charge in [0.25, 0.3) is 0 Å². The second kappa shape index (κ2) is 6.55.